The first-order valence-electron chi connectivity index (χ1n) is 9.83. The van der Waals surface area contributed by atoms with E-state index in [4.69, 9.17) is 0 Å². The van der Waals surface area contributed by atoms with Gasteiger partial charge in [-0.2, -0.15) is 0 Å². The van der Waals surface area contributed by atoms with E-state index in [-0.39, 0.29) is 28.7 Å². The van der Waals surface area contributed by atoms with Crippen LogP contribution in [0.3, 0.4) is 0 Å². The second-order valence-electron chi connectivity index (χ2n) is 7.54. The fourth-order valence-corrected chi connectivity index (χ4v) is 4.08. The highest BCUT2D eigenvalue weighted by molar-refractivity contribution is 6.02. The largest absolute Gasteiger partial charge is 0.505 e. The fraction of sp³-hybridized carbons (Fsp3) is 0.304. The molecule has 0 unspecified atom stereocenters. The number of carbonyl (C=O) groups is 1. The van der Waals surface area contributed by atoms with Crippen LogP contribution in [0, 0.1) is 17.6 Å². The highest BCUT2D eigenvalue weighted by Crippen LogP contribution is 2.30. The minimum Gasteiger partial charge on any atom is -0.505 e. The molecular weight excluding hydrogens is 374 g/mol. The second kappa shape index (κ2) is 8.15. The van der Waals surface area contributed by atoms with Crippen molar-refractivity contribution in [2.75, 3.05) is 13.1 Å². The molecule has 1 aliphatic rings. The average Bonchev–Trinajstić information content (AvgIpc) is 2.74. The van der Waals surface area contributed by atoms with Crippen LogP contribution < -0.4 is 0 Å². The summed E-state index contributed by atoms with van der Waals surface area (Å²) in [5.74, 6) is -1.24. The van der Waals surface area contributed by atoms with E-state index in [2.05, 4.69) is 4.98 Å². The number of hydrogen-bond acceptors (Lipinski definition) is 3. The highest BCUT2D eigenvalue weighted by atomic mass is 19.1. The predicted molar refractivity (Wildman–Crippen MR) is 107 cm³/mol. The Hall–Kier alpha value is -3.02. The first kappa shape index (κ1) is 19.3. The Labute approximate surface area is 167 Å². The number of rotatable bonds is 4. The zero-order chi connectivity index (χ0) is 20.4. The number of nitrogens with zero attached hydrogens (tertiary/aromatic N) is 2. The van der Waals surface area contributed by atoms with Gasteiger partial charge in [0, 0.05) is 30.2 Å². The van der Waals surface area contributed by atoms with Crippen LogP contribution in [-0.4, -0.2) is 34.0 Å². The summed E-state index contributed by atoms with van der Waals surface area (Å²) in [5.41, 5.74) is 0.744. The molecule has 1 aromatic heterocycles. The van der Waals surface area contributed by atoms with Gasteiger partial charge in [-0.3, -0.25) is 9.78 Å². The standard InChI is InChI=1S/C23H22F2N2O2/c24-19-6-1-7-20(25)17(19)10-8-15-4-3-13-27(14-15)23(29)18-11-9-16-5-2-12-26-21(16)22(18)28/h1-2,5-7,9,11-12,15,28H,3-4,8,10,13-14H2/t15-/m1/s1. The maximum absolute atomic E-state index is 13.9. The molecule has 0 radical (unpaired) electrons. The summed E-state index contributed by atoms with van der Waals surface area (Å²) in [6.07, 6.45) is 4.21. The van der Waals surface area contributed by atoms with Gasteiger partial charge < -0.3 is 10.0 Å². The van der Waals surface area contributed by atoms with Gasteiger partial charge in [0.25, 0.3) is 5.91 Å². The van der Waals surface area contributed by atoms with Gasteiger partial charge in [0.2, 0.25) is 0 Å². The van der Waals surface area contributed by atoms with Crippen molar-refractivity contribution in [3.63, 3.8) is 0 Å². The molecule has 0 aliphatic carbocycles. The number of aromatic nitrogens is 1. The van der Waals surface area contributed by atoms with Crippen LogP contribution in [-0.2, 0) is 6.42 Å². The van der Waals surface area contributed by atoms with E-state index >= 15 is 0 Å². The van der Waals surface area contributed by atoms with Crippen LogP contribution >= 0.6 is 0 Å². The van der Waals surface area contributed by atoms with Crippen molar-refractivity contribution in [1.82, 2.24) is 9.88 Å². The maximum Gasteiger partial charge on any atom is 0.257 e. The summed E-state index contributed by atoms with van der Waals surface area (Å²) >= 11 is 0. The molecule has 4 nitrogen and oxygen atoms in total. The van der Waals surface area contributed by atoms with Crippen LogP contribution in [0.15, 0.2) is 48.7 Å². The van der Waals surface area contributed by atoms with Crippen molar-refractivity contribution in [3.05, 3.63) is 71.4 Å². The third-order valence-corrected chi connectivity index (χ3v) is 5.65. The van der Waals surface area contributed by atoms with Gasteiger partial charge in [0.05, 0.1) is 5.56 Å². The van der Waals surface area contributed by atoms with Gasteiger partial charge in [-0.1, -0.05) is 18.2 Å². The fourth-order valence-electron chi connectivity index (χ4n) is 4.08. The Balaban J connectivity index is 1.47. The molecule has 2 aromatic carbocycles. The van der Waals surface area contributed by atoms with Crippen LogP contribution in [0.4, 0.5) is 8.78 Å². The van der Waals surface area contributed by atoms with E-state index < -0.39 is 11.6 Å². The third-order valence-electron chi connectivity index (χ3n) is 5.65. The molecule has 0 spiro atoms. The lowest BCUT2D eigenvalue weighted by molar-refractivity contribution is 0.0665. The van der Waals surface area contributed by atoms with Gasteiger partial charge in [-0.15, -0.1) is 0 Å². The molecule has 1 aliphatic heterocycles. The number of hydrogen-bond donors (Lipinski definition) is 1. The summed E-state index contributed by atoms with van der Waals surface area (Å²) in [7, 11) is 0. The third kappa shape index (κ3) is 3.92. The zero-order valence-corrected chi connectivity index (χ0v) is 15.9. The van der Waals surface area contributed by atoms with E-state index in [0.717, 1.165) is 18.2 Å². The average molecular weight is 396 g/mol. The van der Waals surface area contributed by atoms with Crippen LogP contribution in [0.5, 0.6) is 5.75 Å². The van der Waals surface area contributed by atoms with Crippen molar-refractivity contribution >= 4 is 16.8 Å². The number of aromatic hydroxyl groups is 1. The van der Waals surface area contributed by atoms with E-state index in [0.29, 0.717) is 31.4 Å². The van der Waals surface area contributed by atoms with E-state index in [1.807, 2.05) is 6.07 Å². The Morgan fingerprint density at radius 1 is 1.14 bits per heavy atom. The summed E-state index contributed by atoms with van der Waals surface area (Å²) in [6.45, 7) is 1.11. The number of fused-ring (bicyclic) bond motifs is 1. The van der Waals surface area contributed by atoms with Crippen molar-refractivity contribution in [3.8, 4) is 5.75 Å². The minimum atomic E-state index is -0.526. The lowest BCUT2D eigenvalue weighted by Gasteiger charge is -2.33. The van der Waals surface area contributed by atoms with Crippen LogP contribution in [0.1, 0.15) is 35.2 Å². The molecule has 2 heterocycles. The molecule has 0 saturated carbocycles. The topological polar surface area (TPSA) is 53.4 Å². The number of phenols is 1. The number of benzene rings is 2. The van der Waals surface area contributed by atoms with Crippen molar-refractivity contribution in [1.29, 1.82) is 0 Å². The maximum atomic E-state index is 13.9. The molecular formula is C23H22F2N2O2. The predicted octanol–water partition coefficient (Wildman–Crippen LogP) is 4.70. The number of piperidine rings is 1. The molecule has 29 heavy (non-hydrogen) atoms. The molecule has 1 fully saturated rings. The Bertz CT molecular complexity index is 1030. The van der Waals surface area contributed by atoms with Gasteiger partial charge in [-0.25, -0.2) is 8.78 Å². The Morgan fingerprint density at radius 2 is 1.93 bits per heavy atom. The molecule has 1 N–H and O–H groups in total. The summed E-state index contributed by atoms with van der Waals surface area (Å²) in [6, 6.07) is 10.9. The monoisotopic (exact) mass is 396 g/mol. The molecule has 4 rings (SSSR count). The number of halogens is 2. The molecule has 3 aromatic rings. The van der Waals surface area contributed by atoms with Gasteiger partial charge >= 0.3 is 0 Å². The van der Waals surface area contributed by atoms with Crippen molar-refractivity contribution in [2.45, 2.75) is 25.7 Å². The Kier molecular flexibility index (Phi) is 5.43. The first-order valence-corrected chi connectivity index (χ1v) is 9.83. The quantitative estimate of drug-likeness (QED) is 0.695. The summed E-state index contributed by atoms with van der Waals surface area (Å²) in [4.78, 5) is 18.9. The normalized spacial score (nSPS) is 16.9. The Morgan fingerprint density at radius 3 is 2.72 bits per heavy atom. The van der Waals surface area contributed by atoms with Crippen LogP contribution in [0.2, 0.25) is 0 Å². The number of phenolic OH excluding ortho intramolecular Hbond substituents is 1. The van der Waals surface area contributed by atoms with Gasteiger partial charge in [0.1, 0.15) is 17.2 Å². The smallest absolute Gasteiger partial charge is 0.257 e. The van der Waals surface area contributed by atoms with Crippen LogP contribution in [0.25, 0.3) is 10.9 Å². The molecule has 0 bridgehead atoms. The van der Waals surface area contributed by atoms with Crippen molar-refractivity contribution in [2.24, 2.45) is 5.92 Å². The van der Waals surface area contributed by atoms with E-state index in [9.17, 15) is 18.7 Å². The number of amides is 1. The van der Waals surface area contributed by atoms with Gasteiger partial charge in [0.15, 0.2) is 5.75 Å². The summed E-state index contributed by atoms with van der Waals surface area (Å²) < 4.78 is 27.7. The SMILES string of the molecule is O=C(c1ccc2cccnc2c1O)N1CCC[C@H](CCc2c(F)cccc2F)C1. The lowest BCUT2D eigenvalue weighted by Crippen LogP contribution is -2.40. The molecule has 6 heteroatoms. The number of carbonyl (C=O) groups excluding carboxylic acids is 1. The minimum absolute atomic E-state index is 0.106. The first-order chi connectivity index (χ1) is 14.0. The number of pyridine rings is 1. The molecule has 1 amide bonds. The second-order valence-corrected chi connectivity index (χ2v) is 7.54. The lowest BCUT2D eigenvalue weighted by atomic mass is 9.91. The highest BCUT2D eigenvalue weighted by Gasteiger charge is 2.27. The van der Waals surface area contributed by atoms with Crippen molar-refractivity contribution < 1.29 is 18.7 Å². The van der Waals surface area contributed by atoms with E-state index in [1.165, 1.54) is 18.2 Å². The van der Waals surface area contributed by atoms with Gasteiger partial charge in [-0.05, 0) is 55.9 Å². The zero-order valence-electron chi connectivity index (χ0n) is 15.9. The molecule has 150 valence electrons. The summed E-state index contributed by atoms with van der Waals surface area (Å²) in [5, 5.41) is 11.3. The molecule has 1 saturated heterocycles. The van der Waals surface area contributed by atoms with E-state index in [1.54, 1.807) is 29.3 Å². The molecule has 1 atom stereocenters. The number of likely N-dealkylation sites (tertiary alicyclic amines) is 1.